The molecule has 0 rings (SSSR count). The van der Waals surface area contributed by atoms with E-state index in [0.717, 1.165) is 19.5 Å². The summed E-state index contributed by atoms with van der Waals surface area (Å²) in [7, 11) is 4.97. The standard InChI is InChI=1S/C16H34N2O7Si/c1-21-15(19)7-9-17-10-13-18(12-8-16(20)22-2)11-6-14-26(23-3,24-4)25-5/h17H,6-14H2,1-5H3. The van der Waals surface area contributed by atoms with E-state index in [-0.39, 0.29) is 11.9 Å². The van der Waals surface area contributed by atoms with Crippen molar-refractivity contribution in [2.24, 2.45) is 0 Å². The van der Waals surface area contributed by atoms with Gasteiger partial charge in [-0.15, -0.1) is 0 Å². The molecular weight excluding hydrogens is 360 g/mol. The maximum atomic E-state index is 11.4. The van der Waals surface area contributed by atoms with Crippen LogP contribution in [0.4, 0.5) is 0 Å². The molecule has 0 spiro atoms. The molecule has 154 valence electrons. The minimum absolute atomic E-state index is 0.233. The van der Waals surface area contributed by atoms with Crippen molar-refractivity contribution in [3.8, 4) is 0 Å². The number of hydrogen-bond donors (Lipinski definition) is 1. The molecule has 0 saturated heterocycles. The highest BCUT2D eigenvalue weighted by atomic mass is 28.4. The average molecular weight is 395 g/mol. The molecule has 26 heavy (non-hydrogen) atoms. The Morgan fingerprint density at radius 2 is 1.38 bits per heavy atom. The molecule has 0 aromatic rings. The van der Waals surface area contributed by atoms with Gasteiger partial charge in [0.25, 0.3) is 0 Å². The van der Waals surface area contributed by atoms with Gasteiger partial charge in [0.05, 0.1) is 27.1 Å². The van der Waals surface area contributed by atoms with Crippen LogP contribution in [0.25, 0.3) is 0 Å². The molecular formula is C16H34N2O7Si. The SMILES string of the molecule is COC(=O)CCNCCN(CCC[Si](OC)(OC)OC)CCC(=O)OC. The van der Waals surface area contributed by atoms with Crippen LogP contribution < -0.4 is 5.32 Å². The van der Waals surface area contributed by atoms with Crippen molar-refractivity contribution in [3.05, 3.63) is 0 Å². The second kappa shape index (κ2) is 15.1. The quantitative estimate of drug-likeness (QED) is 0.225. The van der Waals surface area contributed by atoms with E-state index in [2.05, 4.69) is 15.0 Å². The van der Waals surface area contributed by atoms with Crippen molar-refractivity contribution in [2.45, 2.75) is 25.3 Å². The minimum Gasteiger partial charge on any atom is -0.469 e. The smallest absolute Gasteiger partial charge is 0.469 e. The van der Waals surface area contributed by atoms with Crippen LogP contribution in [0.3, 0.4) is 0 Å². The molecule has 0 aliphatic carbocycles. The number of esters is 2. The molecule has 0 atom stereocenters. The third-order valence-corrected chi connectivity index (χ3v) is 6.92. The predicted octanol–water partition coefficient (Wildman–Crippen LogP) is 0.272. The van der Waals surface area contributed by atoms with Crippen LogP contribution in [0.2, 0.25) is 6.04 Å². The van der Waals surface area contributed by atoms with E-state index in [4.69, 9.17) is 18.0 Å². The first-order chi connectivity index (χ1) is 12.5. The Morgan fingerprint density at radius 3 is 1.92 bits per heavy atom. The Morgan fingerprint density at radius 1 is 0.808 bits per heavy atom. The lowest BCUT2D eigenvalue weighted by atomic mass is 10.3. The monoisotopic (exact) mass is 394 g/mol. The normalized spacial score (nSPS) is 11.6. The first kappa shape index (κ1) is 25.0. The van der Waals surface area contributed by atoms with E-state index < -0.39 is 8.80 Å². The Kier molecular flexibility index (Phi) is 14.5. The van der Waals surface area contributed by atoms with Gasteiger partial charge in [0, 0.05) is 53.6 Å². The van der Waals surface area contributed by atoms with Crippen molar-refractivity contribution in [3.63, 3.8) is 0 Å². The highest BCUT2D eigenvalue weighted by Gasteiger charge is 2.37. The largest absolute Gasteiger partial charge is 0.500 e. The Balaban J connectivity index is 4.32. The molecule has 0 saturated carbocycles. The van der Waals surface area contributed by atoms with Gasteiger partial charge in [0.15, 0.2) is 0 Å². The highest BCUT2D eigenvalue weighted by molar-refractivity contribution is 6.60. The van der Waals surface area contributed by atoms with Crippen molar-refractivity contribution in [1.29, 1.82) is 0 Å². The van der Waals surface area contributed by atoms with Crippen LogP contribution in [0.5, 0.6) is 0 Å². The van der Waals surface area contributed by atoms with Gasteiger partial charge in [-0.1, -0.05) is 0 Å². The third kappa shape index (κ3) is 10.8. The Hall–Kier alpha value is -1.04. The average Bonchev–Trinajstić information content (AvgIpc) is 2.68. The maximum absolute atomic E-state index is 11.4. The molecule has 0 aliphatic heterocycles. The molecule has 0 aliphatic rings. The van der Waals surface area contributed by atoms with Gasteiger partial charge >= 0.3 is 20.7 Å². The zero-order valence-electron chi connectivity index (χ0n) is 16.7. The second-order valence-corrected chi connectivity index (χ2v) is 8.73. The molecule has 10 heteroatoms. The van der Waals surface area contributed by atoms with E-state index in [1.54, 1.807) is 21.3 Å². The van der Waals surface area contributed by atoms with Crippen molar-refractivity contribution >= 4 is 20.7 Å². The lowest BCUT2D eigenvalue weighted by molar-refractivity contribution is -0.141. The van der Waals surface area contributed by atoms with Gasteiger partial charge in [-0.2, -0.15) is 0 Å². The molecule has 0 aromatic heterocycles. The summed E-state index contributed by atoms with van der Waals surface area (Å²) in [6.45, 7) is 3.40. The summed E-state index contributed by atoms with van der Waals surface area (Å²) in [6.07, 6.45) is 1.49. The third-order valence-electron chi connectivity index (χ3n) is 4.09. The summed E-state index contributed by atoms with van der Waals surface area (Å²) >= 11 is 0. The fourth-order valence-corrected chi connectivity index (χ4v) is 4.12. The van der Waals surface area contributed by atoms with Gasteiger partial charge in [-0.05, 0) is 13.0 Å². The van der Waals surface area contributed by atoms with E-state index in [1.165, 1.54) is 14.2 Å². The van der Waals surface area contributed by atoms with Crippen LogP contribution >= 0.6 is 0 Å². The second-order valence-electron chi connectivity index (χ2n) is 5.64. The molecule has 0 aromatic carbocycles. The molecule has 0 fully saturated rings. The molecule has 1 N–H and O–H groups in total. The van der Waals surface area contributed by atoms with Gasteiger partial charge in [0.1, 0.15) is 0 Å². The molecule has 0 heterocycles. The number of nitrogens with zero attached hydrogens (tertiary/aromatic N) is 1. The maximum Gasteiger partial charge on any atom is 0.500 e. The van der Waals surface area contributed by atoms with Crippen molar-refractivity contribution in [2.75, 3.05) is 68.3 Å². The number of methoxy groups -OCH3 is 2. The molecule has 9 nitrogen and oxygen atoms in total. The lowest BCUT2D eigenvalue weighted by Gasteiger charge is -2.26. The lowest BCUT2D eigenvalue weighted by Crippen LogP contribution is -2.43. The van der Waals surface area contributed by atoms with Gasteiger partial charge in [0.2, 0.25) is 0 Å². The summed E-state index contributed by atoms with van der Waals surface area (Å²) in [5.74, 6) is -0.469. The number of hydrogen-bond acceptors (Lipinski definition) is 9. The molecule has 0 bridgehead atoms. The molecule has 0 amide bonds. The Labute approximate surface area is 157 Å². The van der Waals surface area contributed by atoms with E-state index >= 15 is 0 Å². The zero-order valence-corrected chi connectivity index (χ0v) is 17.7. The number of carbonyl (C=O) groups excluding carboxylic acids is 2. The van der Waals surface area contributed by atoms with Crippen LogP contribution in [0.15, 0.2) is 0 Å². The van der Waals surface area contributed by atoms with E-state index in [9.17, 15) is 9.59 Å². The summed E-state index contributed by atoms with van der Waals surface area (Å²) in [5.41, 5.74) is 0. The van der Waals surface area contributed by atoms with Crippen LogP contribution in [0.1, 0.15) is 19.3 Å². The summed E-state index contributed by atoms with van der Waals surface area (Å²) in [4.78, 5) is 24.7. The van der Waals surface area contributed by atoms with Gasteiger partial charge in [-0.3, -0.25) is 9.59 Å². The van der Waals surface area contributed by atoms with Crippen molar-refractivity contribution < 1.29 is 32.3 Å². The van der Waals surface area contributed by atoms with E-state index in [1.807, 2.05) is 0 Å². The fraction of sp³-hybridized carbons (Fsp3) is 0.875. The minimum atomic E-state index is -2.58. The van der Waals surface area contributed by atoms with Crippen molar-refractivity contribution in [1.82, 2.24) is 10.2 Å². The summed E-state index contributed by atoms with van der Waals surface area (Å²) in [6, 6.07) is 0.695. The number of ether oxygens (including phenoxy) is 2. The summed E-state index contributed by atoms with van der Waals surface area (Å²) in [5, 5.41) is 3.20. The zero-order chi connectivity index (χ0) is 19.8. The van der Waals surface area contributed by atoms with Crippen LogP contribution in [-0.4, -0.2) is 93.9 Å². The number of carbonyl (C=O) groups is 2. The van der Waals surface area contributed by atoms with Crippen LogP contribution in [-0.2, 0) is 32.3 Å². The van der Waals surface area contributed by atoms with Gasteiger partial charge in [-0.25, -0.2) is 0 Å². The van der Waals surface area contributed by atoms with E-state index in [0.29, 0.717) is 38.5 Å². The number of nitrogens with one attached hydrogen (secondary N) is 1. The first-order valence-corrected chi connectivity index (χ1v) is 10.6. The summed E-state index contributed by atoms with van der Waals surface area (Å²) < 4.78 is 25.6. The van der Waals surface area contributed by atoms with Crippen LogP contribution in [0, 0.1) is 0 Å². The fourth-order valence-electron chi connectivity index (χ4n) is 2.42. The highest BCUT2D eigenvalue weighted by Crippen LogP contribution is 2.15. The Bertz CT molecular complexity index is 387. The predicted molar refractivity (Wildman–Crippen MR) is 98.8 cm³/mol. The number of rotatable bonds is 16. The topological polar surface area (TPSA) is 95.6 Å². The first-order valence-electron chi connectivity index (χ1n) is 8.69. The molecule has 0 unspecified atom stereocenters. The molecule has 0 radical (unpaired) electrons. The van der Waals surface area contributed by atoms with Gasteiger partial charge < -0.3 is 33.0 Å².